The molecule has 4 rings (SSSR count). The van der Waals surface area contributed by atoms with E-state index in [0.29, 0.717) is 36.3 Å². The molecule has 0 spiro atoms. The van der Waals surface area contributed by atoms with Crippen LogP contribution in [0.25, 0.3) is 11.5 Å². The molecule has 0 bridgehead atoms. The number of nitrogens with zero attached hydrogens (tertiary/aromatic N) is 2. The number of fused-ring (bicyclic) bond motifs is 1. The molecule has 1 aliphatic heterocycles. The summed E-state index contributed by atoms with van der Waals surface area (Å²) in [5.74, 6) is 2.85. The van der Waals surface area contributed by atoms with E-state index >= 15 is 0 Å². The molecule has 8 nitrogen and oxygen atoms in total. The summed E-state index contributed by atoms with van der Waals surface area (Å²) in [4.78, 5) is 12.0. The third kappa shape index (κ3) is 3.39. The van der Waals surface area contributed by atoms with E-state index in [9.17, 15) is 4.79 Å². The van der Waals surface area contributed by atoms with Gasteiger partial charge >= 0.3 is 0 Å². The summed E-state index contributed by atoms with van der Waals surface area (Å²) in [5, 5.41) is 10.8. The van der Waals surface area contributed by atoms with Crippen LogP contribution < -0.4 is 14.8 Å². The molecule has 3 heterocycles. The van der Waals surface area contributed by atoms with Crippen molar-refractivity contribution in [3.05, 3.63) is 47.7 Å². The quantitative estimate of drug-likeness (QED) is 0.725. The highest BCUT2D eigenvalue weighted by Crippen LogP contribution is 2.32. The van der Waals surface area contributed by atoms with Gasteiger partial charge in [0.25, 0.3) is 5.89 Å². The average molecular weight is 355 g/mol. The zero-order valence-corrected chi connectivity index (χ0v) is 14.2. The second-order valence-electron chi connectivity index (χ2n) is 5.86. The predicted octanol–water partition coefficient (Wildman–Crippen LogP) is 2.62. The standard InChI is InChI=1S/C18H17N3O5/c1-11-13(6-7-23-11)18-21-20-17(26-18)5-4-16(22)19-9-12-2-3-14-15(8-12)25-10-24-14/h2-3,6-8H,4-5,9-10H2,1H3,(H,19,22). The number of aromatic nitrogens is 2. The van der Waals surface area contributed by atoms with Gasteiger partial charge < -0.3 is 23.6 Å². The number of hydrogen-bond donors (Lipinski definition) is 1. The highest BCUT2D eigenvalue weighted by Gasteiger charge is 2.15. The van der Waals surface area contributed by atoms with E-state index in [1.165, 1.54) is 0 Å². The van der Waals surface area contributed by atoms with E-state index in [1.807, 2.05) is 25.1 Å². The molecule has 0 radical (unpaired) electrons. The first-order valence-electron chi connectivity index (χ1n) is 8.21. The lowest BCUT2D eigenvalue weighted by Gasteiger charge is -2.05. The number of rotatable bonds is 6. The highest BCUT2D eigenvalue weighted by molar-refractivity contribution is 5.76. The van der Waals surface area contributed by atoms with Crippen LogP contribution in [0.5, 0.6) is 11.5 Å². The zero-order chi connectivity index (χ0) is 17.9. The van der Waals surface area contributed by atoms with Crippen molar-refractivity contribution in [1.29, 1.82) is 0 Å². The Hall–Kier alpha value is -3.29. The summed E-state index contributed by atoms with van der Waals surface area (Å²) < 4.78 is 21.4. The maximum Gasteiger partial charge on any atom is 0.251 e. The minimum absolute atomic E-state index is 0.0955. The zero-order valence-electron chi connectivity index (χ0n) is 14.2. The van der Waals surface area contributed by atoms with Gasteiger partial charge in [-0.15, -0.1) is 10.2 Å². The average Bonchev–Trinajstić information content (AvgIpc) is 3.37. The topological polar surface area (TPSA) is 99.6 Å². The largest absolute Gasteiger partial charge is 0.469 e. The van der Waals surface area contributed by atoms with Crippen LogP contribution in [-0.2, 0) is 17.8 Å². The van der Waals surface area contributed by atoms with Crippen molar-refractivity contribution in [2.75, 3.05) is 6.79 Å². The smallest absolute Gasteiger partial charge is 0.251 e. The van der Waals surface area contributed by atoms with Gasteiger partial charge in [0.05, 0.1) is 11.8 Å². The van der Waals surface area contributed by atoms with Gasteiger partial charge in [0, 0.05) is 19.4 Å². The summed E-state index contributed by atoms with van der Waals surface area (Å²) in [6, 6.07) is 7.36. The predicted molar refractivity (Wildman–Crippen MR) is 89.5 cm³/mol. The molecule has 134 valence electrons. The number of ether oxygens (including phenoxy) is 2. The Balaban J connectivity index is 1.28. The molecule has 1 N–H and O–H groups in total. The maximum atomic E-state index is 12.0. The number of aryl methyl sites for hydroxylation is 2. The molecule has 1 amide bonds. The lowest BCUT2D eigenvalue weighted by atomic mass is 10.2. The van der Waals surface area contributed by atoms with Crippen LogP contribution in [0.15, 0.2) is 39.4 Å². The van der Waals surface area contributed by atoms with Gasteiger partial charge in [-0.05, 0) is 30.7 Å². The van der Waals surface area contributed by atoms with E-state index in [2.05, 4.69) is 15.5 Å². The minimum atomic E-state index is -0.0955. The molecule has 0 atom stereocenters. The summed E-state index contributed by atoms with van der Waals surface area (Å²) >= 11 is 0. The second kappa shape index (κ2) is 6.91. The molecular weight excluding hydrogens is 338 g/mol. The lowest BCUT2D eigenvalue weighted by molar-refractivity contribution is -0.121. The van der Waals surface area contributed by atoms with E-state index in [1.54, 1.807) is 12.3 Å². The lowest BCUT2D eigenvalue weighted by Crippen LogP contribution is -2.23. The fourth-order valence-electron chi connectivity index (χ4n) is 2.63. The Morgan fingerprint density at radius 2 is 2.08 bits per heavy atom. The van der Waals surface area contributed by atoms with Crippen molar-refractivity contribution in [1.82, 2.24) is 15.5 Å². The number of hydrogen-bond acceptors (Lipinski definition) is 7. The normalized spacial score (nSPS) is 12.3. The van der Waals surface area contributed by atoms with Gasteiger partial charge in [-0.2, -0.15) is 0 Å². The molecule has 0 unspecified atom stereocenters. The molecule has 8 heteroatoms. The van der Waals surface area contributed by atoms with Gasteiger partial charge in [-0.1, -0.05) is 6.07 Å². The number of carbonyl (C=O) groups is 1. The molecule has 0 fully saturated rings. The maximum absolute atomic E-state index is 12.0. The Bertz CT molecular complexity index is 931. The van der Waals surface area contributed by atoms with Crippen LogP contribution in [0.2, 0.25) is 0 Å². The minimum Gasteiger partial charge on any atom is -0.469 e. The molecule has 0 saturated carbocycles. The Kier molecular flexibility index (Phi) is 4.30. The van der Waals surface area contributed by atoms with E-state index in [0.717, 1.165) is 16.9 Å². The van der Waals surface area contributed by atoms with Crippen LogP contribution >= 0.6 is 0 Å². The Labute approximate surface area is 149 Å². The molecule has 2 aromatic heterocycles. The number of nitrogens with one attached hydrogen (secondary N) is 1. The van der Waals surface area contributed by atoms with Gasteiger partial charge in [0.15, 0.2) is 11.5 Å². The number of benzene rings is 1. The molecule has 0 aliphatic carbocycles. The SMILES string of the molecule is Cc1occc1-c1nnc(CCC(=O)NCc2ccc3c(c2)OCO3)o1. The molecular formula is C18H17N3O5. The first kappa shape index (κ1) is 16.2. The molecule has 3 aromatic rings. The van der Waals surface area contributed by atoms with E-state index in [4.69, 9.17) is 18.3 Å². The molecule has 0 saturated heterocycles. The van der Waals surface area contributed by atoms with Crippen molar-refractivity contribution >= 4 is 5.91 Å². The number of amides is 1. The van der Waals surface area contributed by atoms with Crippen molar-refractivity contribution in [3.8, 4) is 23.0 Å². The fraction of sp³-hybridized carbons (Fsp3) is 0.278. The molecule has 1 aliphatic rings. The molecule has 1 aromatic carbocycles. The summed E-state index contributed by atoms with van der Waals surface area (Å²) in [5.41, 5.74) is 1.70. The Morgan fingerprint density at radius 3 is 2.92 bits per heavy atom. The van der Waals surface area contributed by atoms with Crippen LogP contribution in [0.3, 0.4) is 0 Å². The van der Waals surface area contributed by atoms with Crippen molar-refractivity contribution in [3.63, 3.8) is 0 Å². The summed E-state index contributed by atoms with van der Waals surface area (Å²) in [7, 11) is 0. The summed E-state index contributed by atoms with van der Waals surface area (Å²) in [6.45, 7) is 2.47. The monoisotopic (exact) mass is 355 g/mol. The number of carbonyl (C=O) groups excluding carboxylic acids is 1. The fourth-order valence-corrected chi connectivity index (χ4v) is 2.63. The van der Waals surface area contributed by atoms with Crippen LogP contribution in [0.1, 0.15) is 23.6 Å². The van der Waals surface area contributed by atoms with Gasteiger partial charge in [0.1, 0.15) is 5.76 Å². The van der Waals surface area contributed by atoms with Gasteiger partial charge in [-0.25, -0.2) is 0 Å². The van der Waals surface area contributed by atoms with Gasteiger partial charge in [-0.3, -0.25) is 4.79 Å². The van der Waals surface area contributed by atoms with E-state index in [-0.39, 0.29) is 19.1 Å². The van der Waals surface area contributed by atoms with Gasteiger partial charge in [0.2, 0.25) is 18.6 Å². The van der Waals surface area contributed by atoms with E-state index < -0.39 is 0 Å². The van der Waals surface area contributed by atoms with Crippen molar-refractivity contribution < 1.29 is 23.1 Å². The first-order chi connectivity index (χ1) is 12.7. The van der Waals surface area contributed by atoms with Crippen LogP contribution in [0.4, 0.5) is 0 Å². The third-order valence-corrected chi connectivity index (χ3v) is 4.05. The number of furan rings is 1. The Morgan fingerprint density at radius 1 is 1.19 bits per heavy atom. The van der Waals surface area contributed by atoms with Crippen LogP contribution in [0, 0.1) is 6.92 Å². The first-order valence-corrected chi connectivity index (χ1v) is 8.21. The van der Waals surface area contributed by atoms with Crippen molar-refractivity contribution in [2.24, 2.45) is 0 Å². The second-order valence-corrected chi connectivity index (χ2v) is 5.86. The highest BCUT2D eigenvalue weighted by atomic mass is 16.7. The summed E-state index contributed by atoms with van der Waals surface area (Å²) in [6.07, 6.45) is 2.20. The molecule has 26 heavy (non-hydrogen) atoms. The van der Waals surface area contributed by atoms with Crippen LogP contribution in [-0.4, -0.2) is 22.9 Å². The van der Waals surface area contributed by atoms with Crippen molar-refractivity contribution in [2.45, 2.75) is 26.3 Å². The third-order valence-electron chi connectivity index (χ3n) is 4.05.